The lowest BCUT2D eigenvalue weighted by Crippen LogP contribution is -2.46. The molecule has 1 aliphatic heterocycles. The molecule has 13 nitrogen and oxygen atoms in total. The first-order chi connectivity index (χ1) is 20.1. The molecule has 1 fully saturated rings. The molecule has 0 radical (unpaired) electrons. The van der Waals surface area contributed by atoms with E-state index in [0.717, 1.165) is 24.1 Å². The number of nitrogens with one attached hydrogen (secondary N) is 1. The van der Waals surface area contributed by atoms with Gasteiger partial charge in [-0.15, -0.1) is 10.2 Å². The number of benzene rings is 2. The van der Waals surface area contributed by atoms with Crippen LogP contribution in [0.25, 0.3) is 16.7 Å². The minimum atomic E-state index is -1.01. The number of pyridine rings is 1. The molecule has 0 bridgehead atoms. The Morgan fingerprint density at radius 2 is 2.05 bits per heavy atom. The molecule has 0 saturated carbocycles. The van der Waals surface area contributed by atoms with Gasteiger partial charge in [-0.25, -0.2) is 9.36 Å². The summed E-state index contributed by atoms with van der Waals surface area (Å²) in [6, 6.07) is 15.4. The number of ether oxygens (including phenoxy) is 1. The molecule has 208 valence electrons. The van der Waals surface area contributed by atoms with Gasteiger partial charge < -0.3 is 10.1 Å². The van der Waals surface area contributed by atoms with Gasteiger partial charge in [0.05, 0.1) is 17.3 Å². The number of hydrogen-bond donors (Lipinski definition) is 1. The lowest BCUT2D eigenvalue weighted by molar-refractivity contribution is -0.127. The first kappa shape index (κ1) is 26.2. The molecule has 6 rings (SSSR count). The zero-order chi connectivity index (χ0) is 28.2. The molecule has 2 atom stereocenters. The molecule has 1 aliphatic rings. The molecule has 2 aromatic carbocycles. The second kappa shape index (κ2) is 11.6. The van der Waals surface area contributed by atoms with Crippen LogP contribution in [0, 0.1) is 6.92 Å². The van der Waals surface area contributed by atoms with Crippen molar-refractivity contribution in [3.8, 4) is 5.69 Å². The Morgan fingerprint density at radius 1 is 1.15 bits per heavy atom. The van der Waals surface area contributed by atoms with E-state index in [-0.39, 0.29) is 24.5 Å². The van der Waals surface area contributed by atoms with Gasteiger partial charge in [-0.3, -0.25) is 19.5 Å². The summed E-state index contributed by atoms with van der Waals surface area (Å²) in [4.78, 5) is 33.9. The van der Waals surface area contributed by atoms with E-state index in [1.807, 2.05) is 43.3 Å². The quantitative estimate of drug-likeness (QED) is 0.291. The zero-order valence-corrected chi connectivity index (χ0v) is 22.4. The lowest BCUT2D eigenvalue weighted by Gasteiger charge is -2.32. The van der Waals surface area contributed by atoms with E-state index in [1.165, 1.54) is 15.9 Å². The van der Waals surface area contributed by atoms with E-state index in [1.54, 1.807) is 35.3 Å². The summed E-state index contributed by atoms with van der Waals surface area (Å²) in [5.41, 5.74) is 4.03. The molecule has 0 spiro atoms. The van der Waals surface area contributed by atoms with Crippen LogP contribution in [0.15, 0.2) is 73.3 Å². The zero-order valence-electron chi connectivity index (χ0n) is 22.4. The van der Waals surface area contributed by atoms with Crippen LogP contribution < -0.4 is 10.2 Å². The first-order valence-electron chi connectivity index (χ1n) is 13.3. The van der Waals surface area contributed by atoms with Crippen molar-refractivity contribution >= 4 is 28.5 Å². The summed E-state index contributed by atoms with van der Waals surface area (Å²) >= 11 is 0. The third kappa shape index (κ3) is 5.52. The maximum absolute atomic E-state index is 14.2. The van der Waals surface area contributed by atoms with Crippen molar-refractivity contribution in [3.63, 3.8) is 0 Å². The average Bonchev–Trinajstić information content (AvgIpc) is 3.78. The second-order valence-corrected chi connectivity index (χ2v) is 9.79. The highest BCUT2D eigenvalue weighted by Crippen LogP contribution is 2.31. The van der Waals surface area contributed by atoms with Crippen molar-refractivity contribution in [3.05, 3.63) is 84.4 Å². The number of nitrogens with zero attached hydrogens (tertiary/aromatic N) is 9. The van der Waals surface area contributed by atoms with Crippen molar-refractivity contribution in [2.75, 3.05) is 18.1 Å². The van der Waals surface area contributed by atoms with Crippen LogP contribution in [0.5, 0.6) is 0 Å². The minimum absolute atomic E-state index is 0.0584. The molecular formula is C28H28N10O3. The van der Waals surface area contributed by atoms with Crippen molar-refractivity contribution in [1.82, 2.24) is 45.5 Å². The van der Waals surface area contributed by atoms with Gasteiger partial charge in [0, 0.05) is 36.8 Å². The molecule has 41 heavy (non-hydrogen) atoms. The van der Waals surface area contributed by atoms with Crippen molar-refractivity contribution in [1.29, 1.82) is 0 Å². The topological polar surface area (TPSA) is 146 Å². The number of anilines is 1. The summed E-state index contributed by atoms with van der Waals surface area (Å²) in [5, 5.41) is 22.8. The van der Waals surface area contributed by atoms with E-state index in [0.29, 0.717) is 35.4 Å². The number of hydrogen-bond acceptors (Lipinski definition) is 9. The summed E-state index contributed by atoms with van der Waals surface area (Å²) in [7, 11) is 0. The van der Waals surface area contributed by atoms with Crippen molar-refractivity contribution in [2.45, 2.75) is 38.5 Å². The maximum Gasteiger partial charge on any atom is 0.249 e. The number of carbonyl (C=O) groups excluding carboxylic acids is 2. The minimum Gasteiger partial charge on any atom is -0.376 e. The Balaban J connectivity index is 1.41. The second-order valence-electron chi connectivity index (χ2n) is 9.79. The largest absolute Gasteiger partial charge is 0.376 e. The van der Waals surface area contributed by atoms with Crippen LogP contribution in [0.1, 0.15) is 30.0 Å². The van der Waals surface area contributed by atoms with Gasteiger partial charge in [-0.1, -0.05) is 23.4 Å². The maximum atomic E-state index is 14.2. The van der Waals surface area contributed by atoms with E-state index in [4.69, 9.17) is 4.74 Å². The average molecular weight is 553 g/mol. The van der Waals surface area contributed by atoms with E-state index in [9.17, 15) is 9.59 Å². The molecule has 4 heterocycles. The molecule has 1 N–H and O–H groups in total. The highest BCUT2D eigenvalue weighted by atomic mass is 16.5. The predicted molar refractivity (Wildman–Crippen MR) is 148 cm³/mol. The Bertz CT molecular complexity index is 1650. The normalized spacial score (nSPS) is 15.6. The Morgan fingerprint density at radius 3 is 2.80 bits per heavy atom. The van der Waals surface area contributed by atoms with Crippen LogP contribution >= 0.6 is 0 Å². The third-order valence-electron chi connectivity index (χ3n) is 7.06. The van der Waals surface area contributed by atoms with Gasteiger partial charge in [0.2, 0.25) is 11.8 Å². The van der Waals surface area contributed by atoms with Crippen molar-refractivity contribution < 1.29 is 14.3 Å². The van der Waals surface area contributed by atoms with Gasteiger partial charge in [0.25, 0.3) is 0 Å². The van der Waals surface area contributed by atoms with Gasteiger partial charge >= 0.3 is 0 Å². The fraction of sp³-hybridized carbons (Fsp3) is 0.286. The standard InChI is InChI=1S/C28H28N10O3/c1-19-14-21(10-11-24(19)37-18-31-33-35-37)38(26(39)17-36-25-9-3-2-8-23(25)32-34-36)27(20-6-4-12-29-15-20)28(40)30-16-22-7-5-13-41-22/h2-4,6,8-12,14-15,18,22,27H,5,7,13,16-17H2,1H3,(H,30,40)/t22-,27+/m1/s1. The molecular weight excluding hydrogens is 524 g/mol. The lowest BCUT2D eigenvalue weighted by atomic mass is 10.0. The van der Waals surface area contributed by atoms with Crippen LogP contribution in [-0.2, 0) is 20.9 Å². The number of aromatic nitrogens is 8. The summed E-state index contributed by atoms with van der Waals surface area (Å²) < 4.78 is 8.79. The summed E-state index contributed by atoms with van der Waals surface area (Å²) in [6.45, 7) is 2.79. The van der Waals surface area contributed by atoms with Crippen molar-refractivity contribution in [2.24, 2.45) is 0 Å². The van der Waals surface area contributed by atoms with E-state index >= 15 is 0 Å². The molecule has 1 saturated heterocycles. The highest BCUT2D eigenvalue weighted by molar-refractivity contribution is 6.01. The van der Waals surface area contributed by atoms with Crippen LogP contribution in [0.3, 0.4) is 0 Å². The SMILES string of the molecule is Cc1cc(N(C(=O)Cn2nnc3ccccc32)[C@H](C(=O)NC[C@H]2CCCO2)c2cccnc2)ccc1-n1cnnn1. The number of fused-ring (bicyclic) bond motifs is 1. The molecule has 5 aromatic rings. The highest BCUT2D eigenvalue weighted by Gasteiger charge is 2.34. The Labute approximate surface area is 235 Å². The number of carbonyl (C=O) groups is 2. The number of para-hydroxylation sites is 1. The fourth-order valence-corrected chi connectivity index (χ4v) is 5.07. The van der Waals surface area contributed by atoms with E-state index < -0.39 is 6.04 Å². The molecule has 2 amide bonds. The van der Waals surface area contributed by atoms with Crippen LogP contribution in [0.4, 0.5) is 5.69 Å². The Hall–Kier alpha value is -5.04. The summed E-state index contributed by atoms with van der Waals surface area (Å²) in [6.07, 6.45) is 6.50. The number of amides is 2. The van der Waals surface area contributed by atoms with Gasteiger partial charge in [-0.05, 0) is 72.2 Å². The fourth-order valence-electron chi connectivity index (χ4n) is 5.07. The molecule has 0 aliphatic carbocycles. The van der Waals surface area contributed by atoms with Crippen LogP contribution in [0.2, 0.25) is 0 Å². The van der Waals surface area contributed by atoms with Gasteiger partial charge in [0.15, 0.2) is 0 Å². The molecule has 13 heteroatoms. The molecule has 3 aromatic heterocycles. The number of tetrazole rings is 1. The third-order valence-corrected chi connectivity index (χ3v) is 7.06. The number of rotatable bonds is 9. The van der Waals surface area contributed by atoms with Crippen LogP contribution in [-0.4, -0.2) is 71.3 Å². The monoisotopic (exact) mass is 552 g/mol. The van der Waals surface area contributed by atoms with Gasteiger partial charge in [-0.2, -0.15) is 0 Å². The smallest absolute Gasteiger partial charge is 0.249 e. The number of aryl methyl sites for hydroxylation is 1. The molecule has 0 unspecified atom stereocenters. The summed E-state index contributed by atoms with van der Waals surface area (Å²) in [5.74, 6) is -0.691. The van der Waals surface area contributed by atoms with Gasteiger partial charge in [0.1, 0.15) is 24.4 Å². The first-order valence-corrected chi connectivity index (χ1v) is 13.3. The predicted octanol–water partition coefficient (Wildman–Crippen LogP) is 2.18. The van der Waals surface area contributed by atoms with E-state index in [2.05, 4.69) is 36.1 Å². The Kier molecular flexibility index (Phi) is 7.41.